The van der Waals surface area contributed by atoms with E-state index >= 15 is 0 Å². The summed E-state index contributed by atoms with van der Waals surface area (Å²) in [7, 11) is 0. The number of hydrazine groups is 1. The van der Waals surface area contributed by atoms with Crippen molar-refractivity contribution in [2.24, 2.45) is 0 Å². The zero-order valence-electron chi connectivity index (χ0n) is 12.3. The Bertz CT molecular complexity index is 819. The summed E-state index contributed by atoms with van der Waals surface area (Å²) in [6, 6.07) is 7.96. The molecule has 0 aliphatic rings. The van der Waals surface area contributed by atoms with Crippen LogP contribution >= 0.6 is 0 Å². The molecule has 0 aliphatic heterocycles. The molecule has 0 fully saturated rings. The van der Waals surface area contributed by atoms with Gasteiger partial charge in [0.05, 0.1) is 20.8 Å². The Morgan fingerprint density at radius 2 is 1.35 bits per heavy atom. The average molecular weight is 317 g/mol. The minimum absolute atomic E-state index is 0.0603. The molecule has 1 N–H and O–H groups in total. The van der Waals surface area contributed by atoms with E-state index in [1.165, 1.54) is 30.3 Å². The van der Waals surface area contributed by atoms with Crippen LogP contribution in [0.15, 0.2) is 36.4 Å². The lowest BCUT2D eigenvalue weighted by atomic mass is 10.2. The quantitative estimate of drug-likeness (QED) is 0.511. The summed E-state index contributed by atoms with van der Waals surface area (Å²) in [6.07, 6.45) is 0. The Morgan fingerprint density at radius 1 is 0.826 bits per heavy atom. The van der Waals surface area contributed by atoms with Crippen molar-refractivity contribution in [1.82, 2.24) is 0 Å². The van der Waals surface area contributed by atoms with Crippen LogP contribution in [0.3, 0.4) is 0 Å². The van der Waals surface area contributed by atoms with Crippen molar-refractivity contribution >= 4 is 22.7 Å². The lowest BCUT2D eigenvalue weighted by Crippen LogP contribution is -2.13. The molecule has 9 heteroatoms. The predicted molar refractivity (Wildman–Crippen MR) is 82.6 cm³/mol. The fourth-order valence-electron chi connectivity index (χ4n) is 1.94. The van der Waals surface area contributed by atoms with Gasteiger partial charge in [-0.15, -0.1) is 5.43 Å². The molecule has 0 spiro atoms. The van der Waals surface area contributed by atoms with Gasteiger partial charge in [-0.3, -0.25) is 20.2 Å². The number of nitrogens with one attached hydrogen (secondary N) is 1. The molecule has 0 heterocycles. The first kappa shape index (κ1) is 16.0. The number of aryl methyl sites for hydroxylation is 2. The molecular weight excluding hydrogens is 304 g/mol. The molecule has 2 aromatic rings. The van der Waals surface area contributed by atoms with E-state index in [9.17, 15) is 25.1 Å². The lowest BCUT2D eigenvalue weighted by Gasteiger charge is -2.03. The van der Waals surface area contributed by atoms with Crippen molar-refractivity contribution in [3.8, 4) is 0 Å². The molecule has 2 aromatic carbocycles. The number of hydrogen-bond donors (Lipinski definition) is 1. The number of non-ortho nitro benzene ring substituents is 2. The third kappa shape index (κ3) is 3.46. The van der Waals surface area contributed by atoms with Crippen LogP contribution in [-0.2, 0) is 0 Å². The highest BCUT2D eigenvalue weighted by Crippen LogP contribution is 2.27. The zero-order valence-corrected chi connectivity index (χ0v) is 12.3. The fourth-order valence-corrected chi connectivity index (χ4v) is 1.94. The van der Waals surface area contributed by atoms with E-state index in [1.54, 1.807) is 13.8 Å². The Labute approximate surface area is 130 Å². The third-order valence-corrected chi connectivity index (χ3v) is 3.28. The van der Waals surface area contributed by atoms with E-state index in [0.717, 1.165) is 6.07 Å². The minimum Gasteiger partial charge on any atom is -0.258 e. The van der Waals surface area contributed by atoms with E-state index in [0.29, 0.717) is 16.0 Å². The van der Waals surface area contributed by atoms with Gasteiger partial charge in [0.2, 0.25) is 0 Å². The Morgan fingerprint density at radius 3 is 1.91 bits per heavy atom. The Kier molecular flexibility index (Phi) is 4.30. The Balaban J connectivity index is 2.36. The van der Waals surface area contributed by atoms with E-state index < -0.39 is 9.85 Å². The van der Waals surface area contributed by atoms with Gasteiger partial charge in [0.15, 0.2) is 4.87 Å². The molecule has 9 nitrogen and oxygen atoms in total. The maximum atomic E-state index is 12.3. The zero-order chi connectivity index (χ0) is 17.1. The van der Waals surface area contributed by atoms with Gasteiger partial charge in [-0.05, 0) is 25.5 Å². The molecule has 0 saturated heterocycles. The average Bonchev–Trinajstić information content (AvgIpc) is 2.49. The van der Waals surface area contributed by atoms with Gasteiger partial charge in [-0.1, -0.05) is 6.07 Å². The molecule has 0 radical (unpaired) electrons. The first-order valence-corrected chi connectivity index (χ1v) is 6.53. The summed E-state index contributed by atoms with van der Waals surface area (Å²) < 4.78 is 0. The van der Waals surface area contributed by atoms with Crippen molar-refractivity contribution in [1.29, 1.82) is 0 Å². The Hall–Kier alpha value is -3.36. The molecule has 0 amide bonds. The normalized spacial score (nSPS) is 10.2. The van der Waals surface area contributed by atoms with E-state index in [1.807, 2.05) is 0 Å². The molecular formula is C14H13N4O5+. The SMILES string of the molecule is Cc1ccc([N+](=O)[O-])cc1N[N+](=O)c1cc([N+](=O)[O-])ccc1C. The molecule has 118 valence electrons. The van der Waals surface area contributed by atoms with Gasteiger partial charge in [0.25, 0.3) is 11.4 Å². The second kappa shape index (κ2) is 6.18. The topological polar surface area (TPSA) is 118 Å². The van der Waals surface area contributed by atoms with Crippen LogP contribution in [0.5, 0.6) is 0 Å². The monoisotopic (exact) mass is 317 g/mol. The van der Waals surface area contributed by atoms with Crippen LogP contribution in [0, 0.1) is 39.0 Å². The number of hydrogen-bond acceptors (Lipinski definition) is 5. The second-order valence-corrected chi connectivity index (χ2v) is 4.89. The van der Waals surface area contributed by atoms with E-state index in [4.69, 9.17) is 0 Å². The van der Waals surface area contributed by atoms with Crippen molar-refractivity contribution in [2.75, 3.05) is 5.43 Å². The molecule has 0 atom stereocenters. The van der Waals surface area contributed by atoms with Crippen molar-refractivity contribution in [2.45, 2.75) is 13.8 Å². The molecule has 2 rings (SSSR count). The lowest BCUT2D eigenvalue weighted by molar-refractivity contribution is -0.430. The molecule has 0 aliphatic carbocycles. The summed E-state index contributed by atoms with van der Waals surface area (Å²) in [5.41, 5.74) is 3.56. The summed E-state index contributed by atoms with van der Waals surface area (Å²) in [4.78, 5) is 33.1. The summed E-state index contributed by atoms with van der Waals surface area (Å²) in [6.45, 7) is 3.31. The van der Waals surface area contributed by atoms with E-state index in [2.05, 4.69) is 5.43 Å². The molecule has 0 aromatic heterocycles. The summed E-state index contributed by atoms with van der Waals surface area (Å²) in [5.74, 6) is 0. The summed E-state index contributed by atoms with van der Waals surface area (Å²) in [5, 5.41) is 21.6. The third-order valence-electron chi connectivity index (χ3n) is 3.28. The van der Waals surface area contributed by atoms with Gasteiger partial charge in [-0.25, -0.2) is 0 Å². The van der Waals surface area contributed by atoms with Crippen LogP contribution < -0.4 is 5.43 Å². The van der Waals surface area contributed by atoms with Gasteiger partial charge in [0.1, 0.15) is 5.69 Å². The number of anilines is 1. The first-order chi connectivity index (χ1) is 10.8. The van der Waals surface area contributed by atoms with Crippen molar-refractivity contribution < 1.29 is 14.7 Å². The summed E-state index contributed by atoms with van der Waals surface area (Å²) >= 11 is 0. The minimum atomic E-state index is -0.602. The number of benzene rings is 2. The number of rotatable bonds is 5. The maximum absolute atomic E-state index is 12.3. The molecule has 0 bridgehead atoms. The van der Waals surface area contributed by atoms with Crippen LogP contribution in [0.1, 0.15) is 11.1 Å². The second-order valence-electron chi connectivity index (χ2n) is 4.89. The van der Waals surface area contributed by atoms with Gasteiger partial charge in [0, 0.05) is 23.8 Å². The van der Waals surface area contributed by atoms with Crippen LogP contribution in [0.2, 0.25) is 0 Å². The van der Waals surface area contributed by atoms with Crippen molar-refractivity contribution in [3.63, 3.8) is 0 Å². The highest BCUT2D eigenvalue weighted by molar-refractivity contribution is 5.56. The largest absolute Gasteiger partial charge is 0.302 e. The first-order valence-electron chi connectivity index (χ1n) is 6.53. The highest BCUT2D eigenvalue weighted by Gasteiger charge is 2.23. The smallest absolute Gasteiger partial charge is 0.258 e. The standard InChI is InChI=1S/C14H13N4O5/c1-9-3-5-11(17(20)21)7-13(9)15-16(19)14-8-12(18(22)23)6-4-10(14)2/h3-8H,1-2H3,(H,15,19)/q+1. The number of nitro groups is 2. The molecule has 0 unspecified atom stereocenters. The van der Waals surface area contributed by atoms with Crippen LogP contribution in [0.4, 0.5) is 22.7 Å². The highest BCUT2D eigenvalue weighted by atomic mass is 16.6. The molecule has 23 heavy (non-hydrogen) atoms. The van der Waals surface area contributed by atoms with Crippen LogP contribution in [-0.4, -0.2) is 14.7 Å². The number of nitrogens with zero attached hydrogens (tertiary/aromatic N) is 3. The number of nitroso groups, excluding NO2 is 1. The fraction of sp³-hybridized carbons (Fsp3) is 0.143. The predicted octanol–water partition coefficient (Wildman–Crippen LogP) is 3.56. The van der Waals surface area contributed by atoms with Gasteiger partial charge >= 0.3 is 5.69 Å². The van der Waals surface area contributed by atoms with Crippen LogP contribution in [0.25, 0.3) is 0 Å². The van der Waals surface area contributed by atoms with Gasteiger partial charge < -0.3 is 0 Å². The number of nitro benzene ring substituents is 2. The maximum Gasteiger partial charge on any atom is 0.302 e. The van der Waals surface area contributed by atoms with Crippen molar-refractivity contribution in [3.05, 3.63) is 72.7 Å². The van der Waals surface area contributed by atoms with Gasteiger partial charge in [-0.2, -0.15) is 0 Å². The van der Waals surface area contributed by atoms with E-state index in [-0.39, 0.29) is 22.7 Å². The molecule has 0 saturated carbocycles.